The van der Waals surface area contributed by atoms with Crippen LogP contribution in [0.15, 0.2) is 134 Å². The number of allylic oxidation sites excluding steroid dienone is 22. The third kappa shape index (κ3) is 52.4. The lowest BCUT2D eigenvalue weighted by molar-refractivity contribution is -0.166. The van der Waals surface area contributed by atoms with Crippen molar-refractivity contribution in [2.24, 2.45) is 0 Å². The van der Waals surface area contributed by atoms with E-state index in [4.69, 9.17) is 14.2 Å². The van der Waals surface area contributed by atoms with Crippen molar-refractivity contribution >= 4 is 17.9 Å². The van der Waals surface area contributed by atoms with Gasteiger partial charge in [-0.25, -0.2) is 0 Å². The third-order valence-electron chi connectivity index (χ3n) is 10.7. The van der Waals surface area contributed by atoms with Gasteiger partial charge in [0.15, 0.2) is 6.10 Å². The van der Waals surface area contributed by atoms with E-state index in [1.165, 1.54) is 51.4 Å². The Morgan fingerprint density at radius 2 is 0.612 bits per heavy atom. The van der Waals surface area contributed by atoms with Gasteiger partial charge in [-0.15, -0.1) is 0 Å². The maximum atomic E-state index is 12.8. The quantitative estimate of drug-likeness (QED) is 0.0262. The first-order chi connectivity index (χ1) is 33.0. The summed E-state index contributed by atoms with van der Waals surface area (Å²) in [5, 5.41) is 0. The van der Waals surface area contributed by atoms with Crippen molar-refractivity contribution in [2.75, 3.05) is 13.2 Å². The average molecular weight is 925 g/mol. The van der Waals surface area contributed by atoms with Crippen LogP contribution < -0.4 is 0 Å². The highest BCUT2D eigenvalue weighted by Gasteiger charge is 2.19. The minimum absolute atomic E-state index is 0.118. The van der Waals surface area contributed by atoms with Crippen LogP contribution in [-0.2, 0) is 28.6 Å². The van der Waals surface area contributed by atoms with E-state index < -0.39 is 6.10 Å². The lowest BCUT2D eigenvalue weighted by Crippen LogP contribution is -2.30. The molecule has 6 heteroatoms. The number of ether oxygens (including phenoxy) is 3. The Morgan fingerprint density at radius 1 is 0.313 bits per heavy atom. The highest BCUT2D eigenvalue weighted by atomic mass is 16.6. The smallest absolute Gasteiger partial charge is 0.306 e. The topological polar surface area (TPSA) is 78.9 Å². The summed E-state index contributed by atoms with van der Waals surface area (Å²) in [7, 11) is 0. The van der Waals surface area contributed by atoms with E-state index in [-0.39, 0.29) is 44.0 Å². The molecule has 6 nitrogen and oxygen atoms in total. The van der Waals surface area contributed by atoms with Crippen LogP contribution in [0.4, 0.5) is 0 Å². The Morgan fingerprint density at radius 3 is 1.00 bits per heavy atom. The molecule has 0 fully saturated rings. The summed E-state index contributed by atoms with van der Waals surface area (Å²) in [5.41, 5.74) is 0. The monoisotopic (exact) mass is 925 g/mol. The summed E-state index contributed by atoms with van der Waals surface area (Å²) in [6.07, 6.45) is 75.9. The first-order valence-corrected chi connectivity index (χ1v) is 26.7. The van der Waals surface area contributed by atoms with Crippen molar-refractivity contribution in [3.63, 3.8) is 0 Å². The van der Waals surface area contributed by atoms with E-state index in [1.807, 2.05) is 12.2 Å². The highest BCUT2D eigenvalue weighted by Crippen LogP contribution is 2.13. The number of carbonyl (C=O) groups excluding carboxylic acids is 3. The van der Waals surface area contributed by atoms with Gasteiger partial charge in [0, 0.05) is 19.3 Å². The van der Waals surface area contributed by atoms with Crippen LogP contribution in [0.25, 0.3) is 0 Å². The molecule has 0 bridgehead atoms. The zero-order chi connectivity index (χ0) is 48.6. The van der Waals surface area contributed by atoms with E-state index >= 15 is 0 Å². The fraction of sp³-hybridized carbons (Fsp3) is 0.590. The second kappa shape index (κ2) is 54.2. The van der Waals surface area contributed by atoms with Crippen molar-refractivity contribution in [2.45, 2.75) is 219 Å². The predicted octanol–water partition coefficient (Wildman–Crippen LogP) is 17.9. The van der Waals surface area contributed by atoms with Crippen molar-refractivity contribution in [3.8, 4) is 0 Å². The lowest BCUT2D eigenvalue weighted by Gasteiger charge is -2.18. The molecule has 0 aliphatic rings. The Hall–Kier alpha value is -4.45. The minimum atomic E-state index is -0.829. The molecule has 0 aromatic carbocycles. The Bertz CT molecular complexity index is 1480. The highest BCUT2D eigenvalue weighted by molar-refractivity contribution is 5.71. The number of hydrogen-bond donors (Lipinski definition) is 0. The van der Waals surface area contributed by atoms with Crippen LogP contribution >= 0.6 is 0 Å². The minimum Gasteiger partial charge on any atom is -0.462 e. The normalized spacial score (nSPS) is 13.2. The molecule has 0 amide bonds. The maximum absolute atomic E-state index is 12.8. The van der Waals surface area contributed by atoms with Crippen LogP contribution in [0.2, 0.25) is 0 Å². The third-order valence-corrected chi connectivity index (χ3v) is 10.7. The molecule has 376 valence electrons. The van der Waals surface area contributed by atoms with Crippen LogP contribution in [-0.4, -0.2) is 37.2 Å². The lowest BCUT2D eigenvalue weighted by atomic mass is 10.1. The van der Waals surface area contributed by atoms with Crippen molar-refractivity contribution < 1.29 is 28.6 Å². The molecule has 0 N–H and O–H groups in total. The summed E-state index contributed by atoms with van der Waals surface area (Å²) in [4.78, 5) is 38.0. The molecular weight excluding hydrogens is 829 g/mol. The van der Waals surface area contributed by atoms with Crippen LogP contribution in [0, 0.1) is 0 Å². The Balaban J connectivity index is 4.57. The molecular formula is C61H96O6. The molecule has 67 heavy (non-hydrogen) atoms. The van der Waals surface area contributed by atoms with E-state index in [0.717, 1.165) is 109 Å². The van der Waals surface area contributed by atoms with E-state index in [9.17, 15) is 14.4 Å². The van der Waals surface area contributed by atoms with Gasteiger partial charge >= 0.3 is 17.9 Å². The number of esters is 3. The molecule has 0 saturated carbocycles. The zero-order valence-corrected chi connectivity index (χ0v) is 42.9. The molecule has 0 radical (unpaired) electrons. The van der Waals surface area contributed by atoms with Crippen molar-refractivity contribution in [1.29, 1.82) is 0 Å². The molecule has 0 saturated heterocycles. The first kappa shape index (κ1) is 62.5. The van der Waals surface area contributed by atoms with Gasteiger partial charge in [-0.1, -0.05) is 225 Å². The van der Waals surface area contributed by atoms with Crippen LogP contribution in [0.5, 0.6) is 0 Å². The van der Waals surface area contributed by atoms with Gasteiger partial charge in [0.2, 0.25) is 0 Å². The van der Waals surface area contributed by atoms with Gasteiger partial charge in [-0.05, 0) is 103 Å². The summed E-state index contributed by atoms with van der Waals surface area (Å²) in [6, 6.07) is 0. The summed E-state index contributed by atoms with van der Waals surface area (Å²) >= 11 is 0. The second-order valence-electron chi connectivity index (χ2n) is 17.0. The summed E-state index contributed by atoms with van der Waals surface area (Å²) in [6.45, 7) is 6.29. The second-order valence-corrected chi connectivity index (χ2v) is 17.0. The Kier molecular flexibility index (Phi) is 50.6. The van der Waals surface area contributed by atoms with Gasteiger partial charge in [0.25, 0.3) is 0 Å². The fourth-order valence-corrected chi connectivity index (χ4v) is 6.73. The van der Waals surface area contributed by atoms with E-state index in [0.29, 0.717) is 19.3 Å². The van der Waals surface area contributed by atoms with Gasteiger partial charge in [0.1, 0.15) is 13.2 Å². The molecule has 0 heterocycles. The first-order valence-electron chi connectivity index (χ1n) is 26.7. The zero-order valence-electron chi connectivity index (χ0n) is 42.9. The van der Waals surface area contributed by atoms with Crippen LogP contribution in [0.1, 0.15) is 213 Å². The largest absolute Gasteiger partial charge is 0.462 e. The molecule has 0 aliphatic carbocycles. The van der Waals surface area contributed by atoms with Gasteiger partial charge in [-0.2, -0.15) is 0 Å². The number of rotatable bonds is 46. The van der Waals surface area contributed by atoms with Crippen LogP contribution in [0.3, 0.4) is 0 Å². The molecule has 0 aromatic heterocycles. The number of unbranched alkanes of at least 4 members (excludes halogenated alkanes) is 13. The number of carbonyl (C=O) groups is 3. The molecule has 0 rings (SSSR count). The number of hydrogen-bond acceptors (Lipinski definition) is 6. The van der Waals surface area contributed by atoms with Crippen molar-refractivity contribution in [3.05, 3.63) is 134 Å². The summed E-state index contributed by atoms with van der Waals surface area (Å²) < 4.78 is 16.7. The summed E-state index contributed by atoms with van der Waals surface area (Å²) in [5.74, 6) is -1.05. The predicted molar refractivity (Wildman–Crippen MR) is 288 cm³/mol. The Labute approximate surface area is 411 Å². The standard InChI is InChI=1S/C61H96O6/c1-4-7-10-13-16-19-22-24-26-28-30-32-34-36-39-42-45-48-51-54-60(63)66-57-58(56-65-59(62)53-50-47-44-41-38-21-18-15-12-9-6-3)67-61(64)55-52-49-46-43-40-37-35-33-31-29-27-25-23-20-17-14-11-8-5-2/h7-8,10-11,16-17,19-20,24-27,30-33,36-37,39-40,45,48,58H,4-6,9,12-15,18,21-23,28-29,34-35,38,41-44,46-47,49-57H2,1-3H3/b10-7-,11-8-,19-16-,20-17-,26-24-,27-25-,32-30-,33-31-,39-36-,40-37-,48-45-/t58-/m1/s1. The fourth-order valence-electron chi connectivity index (χ4n) is 6.73. The van der Waals surface area contributed by atoms with Gasteiger partial charge < -0.3 is 14.2 Å². The van der Waals surface area contributed by atoms with E-state index in [1.54, 1.807) is 0 Å². The maximum Gasteiger partial charge on any atom is 0.306 e. The molecule has 0 aromatic rings. The van der Waals surface area contributed by atoms with Gasteiger partial charge in [-0.3, -0.25) is 14.4 Å². The average Bonchev–Trinajstić information content (AvgIpc) is 3.33. The molecule has 0 aliphatic heterocycles. The van der Waals surface area contributed by atoms with Gasteiger partial charge in [0.05, 0.1) is 0 Å². The van der Waals surface area contributed by atoms with Crippen molar-refractivity contribution in [1.82, 2.24) is 0 Å². The van der Waals surface area contributed by atoms with E-state index in [2.05, 4.69) is 142 Å². The molecule has 1 atom stereocenters. The molecule has 0 spiro atoms. The SMILES string of the molecule is CC/C=C\C/C=C\C/C=C\C/C=C\C/C=C\C/C=C\CCC(=O)OC[C@@H](COC(=O)CCCCCCCCCCCCC)OC(=O)CCCCC/C=C\C/C=C\C/C=C\C/C=C\C/C=C\CC. The molecule has 0 unspecified atom stereocenters.